The molecule has 1 aromatic heterocycles. The number of ether oxygens (including phenoxy) is 2. The van der Waals surface area contributed by atoms with Crippen LogP contribution in [0.25, 0.3) is 5.69 Å². The maximum absolute atomic E-state index is 12.5. The maximum Gasteiger partial charge on any atom is 0.335 e. The SMILES string of the molecule is Cc1c(C(=O)NCc2ccc(C(=O)O)cc2)nnn1-c1ccc2c(c1)OCCO2. The number of benzene rings is 2. The van der Waals surface area contributed by atoms with Crippen molar-refractivity contribution >= 4 is 11.9 Å². The van der Waals surface area contributed by atoms with Crippen LogP contribution in [0.1, 0.15) is 32.1 Å². The fourth-order valence-electron chi connectivity index (χ4n) is 2.98. The van der Waals surface area contributed by atoms with E-state index in [0.717, 1.165) is 5.56 Å². The van der Waals surface area contributed by atoms with Crippen LogP contribution in [-0.2, 0) is 6.54 Å². The molecule has 0 bridgehead atoms. The molecule has 2 heterocycles. The molecule has 29 heavy (non-hydrogen) atoms. The van der Waals surface area contributed by atoms with Gasteiger partial charge in [-0.15, -0.1) is 5.10 Å². The van der Waals surface area contributed by atoms with Crippen LogP contribution in [0.5, 0.6) is 11.5 Å². The summed E-state index contributed by atoms with van der Waals surface area (Å²) in [5.41, 5.74) is 2.48. The minimum absolute atomic E-state index is 0.193. The molecule has 0 atom stereocenters. The predicted octanol–water partition coefficient (Wildman–Crippen LogP) is 1.98. The summed E-state index contributed by atoms with van der Waals surface area (Å²) in [6.45, 7) is 2.99. The van der Waals surface area contributed by atoms with E-state index in [-0.39, 0.29) is 23.7 Å². The number of nitrogens with one attached hydrogen (secondary N) is 1. The number of hydrogen-bond donors (Lipinski definition) is 2. The lowest BCUT2D eigenvalue weighted by molar-refractivity contribution is 0.0696. The average Bonchev–Trinajstić information content (AvgIpc) is 3.13. The van der Waals surface area contributed by atoms with Crippen molar-refractivity contribution in [3.8, 4) is 17.2 Å². The van der Waals surface area contributed by atoms with Crippen LogP contribution in [0.2, 0.25) is 0 Å². The van der Waals surface area contributed by atoms with E-state index >= 15 is 0 Å². The first kappa shape index (κ1) is 18.5. The van der Waals surface area contributed by atoms with Crippen LogP contribution in [0.4, 0.5) is 0 Å². The van der Waals surface area contributed by atoms with E-state index in [1.807, 2.05) is 6.07 Å². The van der Waals surface area contributed by atoms with E-state index in [1.165, 1.54) is 12.1 Å². The van der Waals surface area contributed by atoms with Crippen LogP contribution < -0.4 is 14.8 Å². The summed E-state index contributed by atoms with van der Waals surface area (Å²) >= 11 is 0. The number of carbonyl (C=O) groups is 2. The molecule has 1 aliphatic heterocycles. The second-order valence-corrected chi connectivity index (χ2v) is 6.45. The van der Waals surface area contributed by atoms with E-state index < -0.39 is 5.97 Å². The number of rotatable bonds is 5. The lowest BCUT2D eigenvalue weighted by Crippen LogP contribution is -2.24. The molecule has 148 valence electrons. The van der Waals surface area contributed by atoms with Gasteiger partial charge in [0.1, 0.15) is 13.2 Å². The summed E-state index contributed by atoms with van der Waals surface area (Å²) in [6.07, 6.45) is 0. The lowest BCUT2D eigenvalue weighted by Gasteiger charge is -2.18. The number of aromatic carboxylic acids is 1. The Morgan fingerprint density at radius 2 is 1.83 bits per heavy atom. The van der Waals surface area contributed by atoms with Crippen molar-refractivity contribution < 1.29 is 24.2 Å². The van der Waals surface area contributed by atoms with Crippen LogP contribution in [0.15, 0.2) is 42.5 Å². The zero-order valence-electron chi connectivity index (χ0n) is 15.6. The van der Waals surface area contributed by atoms with Gasteiger partial charge in [-0.1, -0.05) is 17.3 Å². The van der Waals surface area contributed by atoms with Gasteiger partial charge < -0.3 is 19.9 Å². The molecule has 0 radical (unpaired) electrons. The Bertz CT molecular complexity index is 1070. The zero-order valence-corrected chi connectivity index (χ0v) is 15.6. The third-order valence-electron chi connectivity index (χ3n) is 4.53. The first-order valence-corrected chi connectivity index (χ1v) is 8.95. The van der Waals surface area contributed by atoms with E-state index in [9.17, 15) is 9.59 Å². The highest BCUT2D eigenvalue weighted by molar-refractivity contribution is 5.93. The first-order valence-electron chi connectivity index (χ1n) is 8.95. The normalized spacial score (nSPS) is 12.4. The number of fused-ring (bicyclic) bond motifs is 1. The predicted molar refractivity (Wildman–Crippen MR) is 102 cm³/mol. The van der Waals surface area contributed by atoms with Crippen molar-refractivity contribution in [2.24, 2.45) is 0 Å². The van der Waals surface area contributed by atoms with Crippen LogP contribution in [-0.4, -0.2) is 45.2 Å². The Morgan fingerprint density at radius 1 is 1.10 bits per heavy atom. The minimum Gasteiger partial charge on any atom is -0.486 e. The van der Waals surface area contributed by atoms with Crippen molar-refractivity contribution in [3.05, 3.63) is 65.0 Å². The van der Waals surface area contributed by atoms with Crippen LogP contribution in [0.3, 0.4) is 0 Å². The highest BCUT2D eigenvalue weighted by atomic mass is 16.6. The van der Waals surface area contributed by atoms with Crippen molar-refractivity contribution in [3.63, 3.8) is 0 Å². The van der Waals surface area contributed by atoms with Gasteiger partial charge in [0.25, 0.3) is 5.91 Å². The fourth-order valence-corrected chi connectivity index (χ4v) is 2.98. The van der Waals surface area contributed by atoms with Crippen LogP contribution >= 0.6 is 0 Å². The molecule has 0 unspecified atom stereocenters. The average molecular weight is 394 g/mol. The molecule has 1 amide bonds. The van der Waals surface area contributed by atoms with E-state index in [0.29, 0.717) is 36.1 Å². The molecule has 4 rings (SSSR count). The van der Waals surface area contributed by atoms with Gasteiger partial charge in [0.15, 0.2) is 17.2 Å². The topological polar surface area (TPSA) is 116 Å². The lowest BCUT2D eigenvalue weighted by atomic mass is 10.1. The molecule has 1 aliphatic rings. The summed E-state index contributed by atoms with van der Waals surface area (Å²) in [4.78, 5) is 23.4. The van der Waals surface area contributed by atoms with Gasteiger partial charge in [0, 0.05) is 12.6 Å². The molecule has 0 saturated heterocycles. The third kappa shape index (κ3) is 3.75. The second-order valence-electron chi connectivity index (χ2n) is 6.45. The molecule has 9 heteroatoms. The zero-order chi connectivity index (χ0) is 20.4. The second kappa shape index (κ2) is 7.63. The Balaban J connectivity index is 1.48. The number of aromatic nitrogens is 3. The number of carboxylic acids is 1. The number of hydrogen-bond acceptors (Lipinski definition) is 6. The van der Waals surface area contributed by atoms with E-state index in [2.05, 4.69) is 15.6 Å². The molecular weight excluding hydrogens is 376 g/mol. The quantitative estimate of drug-likeness (QED) is 0.680. The Labute approximate surface area is 165 Å². The first-order chi connectivity index (χ1) is 14.0. The van der Waals surface area contributed by atoms with Gasteiger partial charge in [0.2, 0.25) is 0 Å². The molecule has 0 saturated carbocycles. The number of carbonyl (C=O) groups excluding carboxylic acids is 1. The van der Waals surface area contributed by atoms with Gasteiger partial charge in [-0.3, -0.25) is 4.79 Å². The van der Waals surface area contributed by atoms with Gasteiger partial charge >= 0.3 is 5.97 Å². The Hall–Kier alpha value is -3.88. The number of nitrogens with zero attached hydrogens (tertiary/aromatic N) is 3. The standard InChI is InChI=1S/C20H18N4O5/c1-12-18(19(25)21-11-13-2-4-14(5-3-13)20(26)27)22-23-24(12)15-6-7-16-17(10-15)29-9-8-28-16/h2-7,10H,8-9,11H2,1H3,(H,21,25)(H,26,27). The molecule has 3 aromatic rings. The van der Waals surface area contributed by atoms with Crippen LogP contribution in [0, 0.1) is 6.92 Å². The van der Waals surface area contributed by atoms with Gasteiger partial charge in [0.05, 0.1) is 16.9 Å². The molecule has 0 fully saturated rings. The Kier molecular flexibility index (Phi) is 4.86. The monoisotopic (exact) mass is 394 g/mol. The minimum atomic E-state index is -0.994. The van der Waals surface area contributed by atoms with Gasteiger partial charge in [-0.25, -0.2) is 9.48 Å². The molecule has 2 aromatic carbocycles. The fraction of sp³-hybridized carbons (Fsp3) is 0.200. The summed E-state index contributed by atoms with van der Waals surface area (Å²) in [5.74, 6) is -0.0651. The Morgan fingerprint density at radius 3 is 2.55 bits per heavy atom. The summed E-state index contributed by atoms with van der Waals surface area (Å²) in [5, 5.41) is 19.8. The largest absolute Gasteiger partial charge is 0.486 e. The molecule has 2 N–H and O–H groups in total. The third-order valence-corrected chi connectivity index (χ3v) is 4.53. The van der Waals surface area contributed by atoms with E-state index in [4.69, 9.17) is 14.6 Å². The molecule has 9 nitrogen and oxygen atoms in total. The maximum atomic E-state index is 12.5. The highest BCUT2D eigenvalue weighted by Gasteiger charge is 2.19. The van der Waals surface area contributed by atoms with Crippen molar-refractivity contribution in [1.82, 2.24) is 20.3 Å². The molecule has 0 aliphatic carbocycles. The van der Waals surface area contributed by atoms with Crippen molar-refractivity contribution in [2.75, 3.05) is 13.2 Å². The number of amides is 1. The van der Waals surface area contributed by atoms with Gasteiger partial charge in [-0.05, 0) is 36.8 Å². The summed E-state index contributed by atoms with van der Waals surface area (Å²) in [6, 6.07) is 11.7. The summed E-state index contributed by atoms with van der Waals surface area (Å²) < 4.78 is 12.7. The van der Waals surface area contributed by atoms with Crippen molar-refractivity contribution in [2.45, 2.75) is 13.5 Å². The van der Waals surface area contributed by atoms with Crippen molar-refractivity contribution in [1.29, 1.82) is 0 Å². The highest BCUT2D eigenvalue weighted by Crippen LogP contribution is 2.32. The molecular formula is C20H18N4O5. The molecule has 0 spiro atoms. The number of carboxylic acid groups (broad SMARTS) is 1. The van der Waals surface area contributed by atoms with Gasteiger partial charge in [-0.2, -0.15) is 0 Å². The van der Waals surface area contributed by atoms with E-state index in [1.54, 1.807) is 35.9 Å². The summed E-state index contributed by atoms with van der Waals surface area (Å²) in [7, 11) is 0. The smallest absolute Gasteiger partial charge is 0.335 e.